The Morgan fingerprint density at radius 3 is 2.13 bits per heavy atom. The van der Waals surface area contributed by atoms with E-state index in [1.165, 1.54) is 28.6 Å². The summed E-state index contributed by atoms with van der Waals surface area (Å²) in [6.07, 6.45) is 1.72. The quantitative estimate of drug-likeness (QED) is 0.691. The van der Waals surface area contributed by atoms with Crippen LogP contribution in [0.25, 0.3) is 0 Å². The summed E-state index contributed by atoms with van der Waals surface area (Å²) in [5, 5.41) is 0. The van der Waals surface area contributed by atoms with E-state index in [0.29, 0.717) is 30.1 Å². The fourth-order valence-corrected chi connectivity index (χ4v) is 6.42. The second kappa shape index (κ2) is 8.56. The maximum absolute atomic E-state index is 13.0. The van der Waals surface area contributed by atoms with Crippen molar-refractivity contribution in [3.8, 4) is 5.75 Å². The highest BCUT2D eigenvalue weighted by Gasteiger charge is 2.27. The molecule has 0 unspecified atom stereocenters. The maximum Gasteiger partial charge on any atom is 0.262 e. The van der Waals surface area contributed by atoms with Crippen molar-refractivity contribution in [2.75, 3.05) is 24.9 Å². The van der Waals surface area contributed by atoms with Gasteiger partial charge in [0.2, 0.25) is 10.0 Å². The summed E-state index contributed by atoms with van der Waals surface area (Å²) in [6.45, 7) is 6.69. The minimum atomic E-state index is -3.85. The molecule has 0 atom stereocenters. The molecule has 0 aliphatic carbocycles. The number of ether oxygens (including phenoxy) is 1. The van der Waals surface area contributed by atoms with Gasteiger partial charge < -0.3 is 4.74 Å². The molecule has 30 heavy (non-hydrogen) atoms. The van der Waals surface area contributed by atoms with Crippen LogP contribution in [0.2, 0.25) is 0 Å². The second-order valence-electron chi connectivity index (χ2n) is 7.76. The van der Waals surface area contributed by atoms with Crippen LogP contribution in [0.5, 0.6) is 5.75 Å². The maximum atomic E-state index is 13.0. The summed E-state index contributed by atoms with van der Waals surface area (Å²) < 4.78 is 60.7. The van der Waals surface area contributed by atoms with Crippen LogP contribution in [-0.4, -0.2) is 41.3 Å². The van der Waals surface area contributed by atoms with Crippen molar-refractivity contribution >= 4 is 25.7 Å². The molecule has 1 saturated heterocycles. The topological polar surface area (TPSA) is 92.8 Å². The van der Waals surface area contributed by atoms with Gasteiger partial charge in [0, 0.05) is 18.8 Å². The van der Waals surface area contributed by atoms with Crippen molar-refractivity contribution in [2.45, 2.75) is 49.3 Å². The predicted molar refractivity (Wildman–Crippen MR) is 117 cm³/mol. The molecule has 0 amide bonds. The minimum Gasteiger partial charge on any atom is -0.496 e. The van der Waals surface area contributed by atoms with Crippen LogP contribution in [0.3, 0.4) is 0 Å². The Kier molecular flexibility index (Phi) is 6.45. The zero-order chi connectivity index (χ0) is 22.1. The molecular weight excluding hydrogens is 424 g/mol. The van der Waals surface area contributed by atoms with Gasteiger partial charge >= 0.3 is 0 Å². The van der Waals surface area contributed by atoms with Crippen LogP contribution >= 0.6 is 0 Å². The third-order valence-electron chi connectivity index (χ3n) is 5.25. The van der Waals surface area contributed by atoms with Crippen LogP contribution in [-0.2, 0) is 20.0 Å². The van der Waals surface area contributed by atoms with Gasteiger partial charge in [-0.25, -0.2) is 16.8 Å². The number of sulfonamides is 2. The third kappa shape index (κ3) is 4.48. The molecule has 2 aromatic rings. The summed E-state index contributed by atoms with van der Waals surface area (Å²) in [6, 6.07) is 9.17. The number of methoxy groups -OCH3 is 1. The van der Waals surface area contributed by atoms with Gasteiger partial charge in [-0.1, -0.05) is 13.8 Å². The van der Waals surface area contributed by atoms with Gasteiger partial charge in [-0.3, -0.25) is 4.72 Å². The van der Waals surface area contributed by atoms with Crippen molar-refractivity contribution in [2.24, 2.45) is 0 Å². The van der Waals surface area contributed by atoms with Gasteiger partial charge in [0.05, 0.1) is 16.9 Å². The number of hydrogen-bond acceptors (Lipinski definition) is 5. The van der Waals surface area contributed by atoms with Crippen LogP contribution in [0.4, 0.5) is 5.69 Å². The second-order valence-corrected chi connectivity index (χ2v) is 11.3. The number of nitrogens with zero attached hydrogens (tertiary/aromatic N) is 1. The van der Waals surface area contributed by atoms with E-state index >= 15 is 0 Å². The van der Waals surface area contributed by atoms with Gasteiger partial charge in [0.15, 0.2) is 0 Å². The fraction of sp³-hybridized carbons (Fsp3) is 0.429. The van der Waals surface area contributed by atoms with E-state index in [2.05, 4.69) is 4.72 Å². The smallest absolute Gasteiger partial charge is 0.262 e. The van der Waals surface area contributed by atoms with Crippen LogP contribution < -0.4 is 9.46 Å². The van der Waals surface area contributed by atoms with Gasteiger partial charge in [0.1, 0.15) is 5.75 Å². The predicted octanol–water partition coefficient (Wildman–Crippen LogP) is 3.71. The Balaban J connectivity index is 1.88. The molecule has 2 aromatic carbocycles. The van der Waals surface area contributed by atoms with E-state index in [-0.39, 0.29) is 15.7 Å². The highest BCUT2D eigenvalue weighted by atomic mass is 32.2. The fourth-order valence-electron chi connectivity index (χ4n) is 3.58. The van der Waals surface area contributed by atoms with Crippen molar-refractivity contribution in [1.29, 1.82) is 0 Å². The first-order valence-corrected chi connectivity index (χ1v) is 12.8. The van der Waals surface area contributed by atoms with Crippen LogP contribution in [0, 0.1) is 6.92 Å². The van der Waals surface area contributed by atoms with E-state index in [4.69, 9.17) is 4.74 Å². The standard InChI is InChI=1S/C21H28N2O5S2/c1-15(2)19-14-21(16(3)13-20(19)28-4)29(24,25)22-17-7-9-18(10-8-17)30(26,27)23-11-5-6-12-23/h7-10,13-15,22H,5-6,11-12H2,1-4H3. The van der Waals surface area contributed by atoms with Crippen molar-refractivity contribution < 1.29 is 21.6 Å². The Hall–Kier alpha value is -2.10. The van der Waals surface area contributed by atoms with Gasteiger partial charge in [-0.2, -0.15) is 4.31 Å². The monoisotopic (exact) mass is 452 g/mol. The molecule has 0 aromatic heterocycles. The molecule has 0 radical (unpaired) electrons. The minimum absolute atomic E-state index is 0.0876. The first-order chi connectivity index (χ1) is 14.1. The van der Waals surface area contributed by atoms with Gasteiger partial charge in [-0.05, 0) is 73.2 Å². The molecule has 1 fully saturated rings. The lowest BCUT2D eigenvalue weighted by Gasteiger charge is -2.17. The van der Waals surface area contributed by atoms with E-state index in [9.17, 15) is 16.8 Å². The van der Waals surface area contributed by atoms with E-state index in [0.717, 1.165) is 18.4 Å². The van der Waals surface area contributed by atoms with E-state index in [1.54, 1.807) is 26.2 Å². The summed E-state index contributed by atoms with van der Waals surface area (Å²) in [4.78, 5) is 0.329. The first-order valence-electron chi connectivity index (χ1n) is 9.88. The summed E-state index contributed by atoms with van der Waals surface area (Å²) in [5.41, 5.74) is 1.67. The molecule has 1 aliphatic rings. The molecule has 3 rings (SSSR count). The van der Waals surface area contributed by atoms with Gasteiger partial charge in [0.25, 0.3) is 10.0 Å². The Labute approximate surface area is 179 Å². The highest BCUT2D eigenvalue weighted by molar-refractivity contribution is 7.92. The molecule has 1 N–H and O–H groups in total. The van der Waals surface area contributed by atoms with Crippen molar-refractivity contribution in [3.63, 3.8) is 0 Å². The normalized spacial score (nSPS) is 15.5. The Morgan fingerprint density at radius 2 is 1.60 bits per heavy atom. The highest BCUT2D eigenvalue weighted by Crippen LogP contribution is 2.32. The van der Waals surface area contributed by atoms with Gasteiger partial charge in [-0.15, -0.1) is 0 Å². The number of nitrogens with one attached hydrogen (secondary N) is 1. The Bertz CT molecular complexity index is 1120. The number of hydrogen-bond donors (Lipinski definition) is 1. The SMILES string of the molecule is COc1cc(C)c(S(=O)(=O)Nc2ccc(S(=O)(=O)N3CCCC3)cc2)cc1C(C)C. The summed E-state index contributed by atoms with van der Waals surface area (Å²) in [7, 11) is -5.83. The number of rotatable bonds is 7. The van der Waals surface area contributed by atoms with Crippen LogP contribution in [0.1, 0.15) is 43.7 Å². The molecule has 9 heteroatoms. The molecule has 7 nitrogen and oxygen atoms in total. The molecule has 1 aliphatic heterocycles. The molecule has 0 bridgehead atoms. The molecule has 0 spiro atoms. The van der Waals surface area contributed by atoms with Crippen molar-refractivity contribution in [3.05, 3.63) is 47.5 Å². The van der Waals surface area contributed by atoms with Crippen molar-refractivity contribution in [1.82, 2.24) is 4.31 Å². The molecular formula is C21H28N2O5S2. The zero-order valence-corrected chi connectivity index (χ0v) is 19.3. The van der Waals surface area contributed by atoms with E-state index < -0.39 is 20.0 Å². The lowest BCUT2D eigenvalue weighted by Crippen LogP contribution is -2.27. The van der Waals surface area contributed by atoms with E-state index in [1.807, 2.05) is 13.8 Å². The summed E-state index contributed by atoms with van der Waals surface area (Å²) in [5.74, 6) is 0.738. The molecule has 164 valence electrons. The lowest BCUT2D eigenvalue weighted by atomic mass is 10.0. The average Bonchev–Trinajstić information content (AvgIpc) is 3.23. The van der Waals surface area contributed by atoms with Crippen LogP contribution in [0.15, 0.2) is 46.2 Å². The Morgan fingerprint density at radius 1 is 1.00 bits per heavy atom. The molecule has 1 heterocycles. The average molecular weight is 453 g/mol. The zero-order valence-electron chi connectivity index (χ0n) is 17.7. The summed E-state index contributed by atoms with van der Waals surface area (Å²) >= 11 is 0. The largest absolute Gasteiger partial charge is 0.496 e. The third-order valence-corrected chi connectivity index (χ3v) is 8.68. The number of anilines is 1. The number of aryl methyl sites for hydroxylation is 1. The number of benzene rings is 2. The lowest BCUT2D eigenvalue weighted by molar-refractivity contribution is 0.406. The molecule has 0 saturated carbocycles. The first kappa shape index (κ1) is 22.6.